The first kappa shape index (κ1) is 23.6. The van der Waals surface area contributed by atoms with E-state index in [2.05, 4.69) is 152 Å². The second kappa shape index (κ2) is 9.97. The Labute approximate surface area is 232 Å². The van der Waals surface area contributed by atoms with E-state index in [9.17, 15) is 0 Å². The topological polar surface area (TPSA) is 0 Å². The number of benzene rings is 5. The van der Waals surface area contributed by atoms with E-state index in [4.69, 9.17) is 0 Å². The summed E-state index contributed by atoms with van der Waals surface area (Å²) in [5, 5.41) is 6.98. The molecule has 0 N–H and O–H groups in total. The molecular weight excluding hydrogens is 515 g/mol. The summed E-state index contributed by atoms with van der Waals surface area (Å²) < 4.78 is 2.70. The van der Waals surface area contributed by atoms with Crippen molar-refractivity contribution in [2.45, 2.75) is 5.66 Å². The second-order valence-corrected chi connectivity index (χ2v) is 15.9. The third-order valence-electron chi connectivity index (χ3n) is 7.58. The summed E-state index contributed by atoms with van der Waals surface area (Å²) in [5.41, 5.74) is 0.226. The molecule has 7 rings (SSSR count). The summed E-state index contributed by atoms with van der Waals surface area (Å²) in [4.78, 5) is 2.89. The first-order valence-corrected chi connectivity index (χ1v) is 16.7. The number of rotatable bonds is 6. The molecule has 184 valence electrons. The third-order valence-corrected chi connectivity index (χ3v) is 15.6. The van der Waals surface area contributed by atoms with E-state index < -0.39 is 7.26 Å². The predicted molar refractivity (Wildman–Crippen MR) is 172 cm³/mol. The van der Waals surface area contributed by atoms with Crippen molar-refractivity contribution < 1.29 is 0 Å². The molecule has 0 aliphatic rings. The van der Waals surface area contributed by atoms with E-state index in [1.54, 1.807) is 0 Å². The van der Waals surface area contributed by atoms with Crippen LogP contribution in [0.3, 0.4) is 0 Å². The first-order chi connectivity index (χ1) is 18.8. The van der Waals surface area contributed by atoms with Crippen LogP contribution >= 0.6 is 29.9 Å². The summed E-state index contributed by atoms with van der Waals surface area (Å²) in [7, 11) is -2.64. The fourth-order valence-corrected chi connectivity index (χ4v) is 14.8. The van der Waals surface area contributed by atoms with Gasteiger partial charge in [0.1, 0.15) is 0 Å². The van der Waals surface area contributed by atoms with Crippen molar-refractivity contribution in [3.8, 4) is 0 Å². The molecule has 0 aliphatic heterocycles. The maximum absolute atomic E-state index is 2.64. The molecule has 0 aliphatic carbocycles. The summed E-state index contributed by atoms with van der Waals surface area (Å²) in [6.45, 7) is 0. The van der Waals surface area contributed by atoms with Crippen LogP contribution in [0.25, 0.3) is 20.2 Å². The SMILES string of the molecule is c1ccc([PH](c2ccccc2)(c2ccccc2)C(c2cc3ccccc3s2)c2cc3ccccc3s2)cc1. The summed E-state index contributed by atoms with van der Waals surface area (Å²) in [6.07, 6.45) is 0. The Morgan fingerprint density at radius 1 is 0.395 bits per heavy atom. The van der Waals surface area contributed by atoms with Crippen LogP contribution in [0.15, 0.2) is 152 Å². The molecule has 0 saturated carbocycles. The molecule has 0 atom stereocenters. The van der Waals surface area contributed by atoms with Crippen LogP contribution in [0.5, 0.6) is 0 Å². The van der Waals surface area contributed by atoms with Crippen LogP contribution in [0.1, 0.15) is 15.4 Å². The Kier molecular flexibility index (Phi) is 6.18. The number of thiophene rings is 2. The molecule has 0 fully saturated rings. The first-order valence-electron chi connectivity index (χ1n) is 13.0. The van der Waals surface area contributed by atoms with Crippen LogP contribution in [0.4, 0.5) is 0 Å². The van der Waals surface area contributed by atoms with Gasteiger partial charge < -0.3 is 0 Å². The standard InChI is InChI=1S/C35H27PS2/c1-4-16-28(17-5-1)36(29-18-6-2-7-19-29,30-20-8-3-9-21-30)35(33-24-26-14-10-12-22-31(26)37-33)34-25-27-15-11-13-23-32(27)38-34/h1-25,35-36H. The molecule has 38 heavy (non-hydrogen) atoms. The molecule has 0 unspecified atom stereocenters. The van der Waals surface area contributed by atoms with Gasteiger partial charge in [0.25, 0.3) is 0 Å². The van der Waals surface area contributed by atoms with Crippen LogP contribution in [0, 0.1) is 0 Å². The number of fused-ring (bicyclic) bond motifs is 2. The van der Waals surface area contributed by atoms with Gasteiger partial charge in [-0.3, -0.25) is 0 Å². The maximum atomic E-state index is 2.46. The van der Waals surface area contributed by atoms with Crippen LogP contribution in [-0.4, -0.2) is 0 Å². The summed E-state index contributed by atoms with van der Waals surface area (Å²) in [5.74, 6) is 0. The van der Waals surface area contributed by atoms with Gasteiger partial charge >= 0.3 is 233 Å². The third kappa shape index (κ3) is 3.92. The van der Waals surface area contributed by atoms with Crippen LogP contribution in [-0.2, 0) is 0 Å². The van der Waals surface area contributed by atoms with E-state index in [0.29, 0.717) is 0 Å². The van der Waals surface area contributed by atoms with Gasteiger partial charge in [-0.15, -0.1) is 0 Å². The van der Waals surface area contributed by atoms with Gasteiger partial charge in [0.05, 0.1) is 0 Å². The normalized spacial score (nSPS) is 12.3. The van der Waals surface area contributed by atoms with Crippen LogP contribution < -0.4 is 15.9 Å². The molecule has 0 saturated heterocycles. The zero-order valence-electron chi connectivity index (χ0n) is 20.8. The molecule has 0 bridgehead atoms. The summed E-state index contributed by atoms with van der Waals surface area (Å²) in [6, 6.07) is 56.6. The molecule has 2 aromatic heterocycles. The van der Waals surface area contributed by atoms with E-state index >= 15 is 0 Å². The molecule has 0 nitrogen and oxygen atoms in total. The zero-order chi connectivity index (χ0) is 25.4. The van der Waals surface area contributed by atoms with E-state index in [-0.39, 0.29) is 5.66 Å². The molecule has 0 amide bonds. The zero-order valence-corrected chi connectivity index (χ0v) is 23.5. The predicted octanol–water partition coefficient (Wildman–Crippen LogP) is 8.93. The average molecular weight is 543 g/mol. The molecule has 2 heterocycles. The van der Waals surface area contributed by atoms with Crippen molar-refractivity contribution in [2.24, 2.45) is 0 Å². The van der Waals surface area contributed by atoms with Crippen molar-refractivity contribution >= 4 is 66.0 Å². The fraction of sp³-hybridized carbons (Fsp3) is 0.0286. The van der Waals surface area contributed by atoms with Gasteiger partial charge in [-0.2, -0.15) is 0 Å². The van der Waals surface area contributed by atoms with Crippen molar-refractivity contribution in [1.29, 1.82) is 0 Å². The van der Waals surface area contributed by atoms with Gasteiger partial charge in [-0.1, -0.05) is 0 Å². The minimum atomic E-state index is -2.64. The van der Waals surface area contributed by atoms with Crippen molar-refractivity contribution in [1.82, 2.24) is 0 Å². The van der Waals surface area contributed by atoms with Gasteiger partial charge in [-0.05, 0) is 0 Å². The average Bonchev–Trinajstić information content (AvgIpc) is 3.61. The fourth-order valence-electron chi connectivity index (χ4n) is 5.96. The van der Waals surface area contributed by atoms with Gasteiger partial charge in [0, 0.05) is 0 Å². The Morgan fingerprint density at radius 2 is 0.737 bits per heavy atom. The van der Waals surface area contributed by atoms with Gasteiger partial charge in [-0.25, -0.2) is 0 Å². The van der Waals surface area contributed by atoms with Crippen molar-refractivity contribution in [3.63, 3.8) is 0 Å². The number of hydrogen-bond acceptors (Lipinski definition) is 2. The van der Waals surface area contributed by atoms with E-state index in [0.717, 1.165) is 0 Å². The molecule has 5 aromatic carbocycles. The monoisotopic (exact) mass is 542 g/mol. The van der Waals surface area contributed by atoms with Crippen molar-refractivity contribution in [2.75, 3.05) is 0 Å². The minimum absolute atomic E-state index is 0.226. The van der Waals surface area contributed by atoms with E-state index in [1.165, 1.54) is 45.8 Å². The van der Waals surface area contributed by atoms with Gasteiger partial charge in [0.15, 0.2) is 0 Å². The molecular formula is C35H27PS2. The molecule has 7 aromatic rings. The number of hydrogen-bond donors (Lipinski definition) is 0. The molecule has 3 heteroatoms. The Hall–Kier alpha value is -3.55. The Balaban J connectivity index is 1.64. The Morgan fingerprint density at radius 3 is 1.11 bits per heavy atom. The van der Waals surface area contributed by atoms with Crippen LogP contribution in [0.2, 0.25) is 0 Å². The summed E-state index contributed by atoms with van der Waals surface area (Å²) >= 11 is 3.92. The molecule has 0 radical (unpaired) electrons. The van der Waals surface area contributed by atoms with Gasteiger partial charge in [0.2, 0.25) is 0 Å². The van der Waals surface area contributed by atoms with E-state index in [1.807, 2.05) is 22.7 Å². The molecule has 0 spiro atoms. The second-order valence-electron chi connectivity index (χ2n) is 9.71. The quantitative estimate of drug-likeness (QED) is 0.184. The van der Waals surface area contributed by atoms with Crippen molar-refractivity contribution in [3.05, 3.63) is 161 Å². The Bertz CT molecular complexity index is 1580.